The number of rotatable bonds is 3. The van der Waals surface area contributed by atoms with Crippen LogP contribution < -0.4 is 0 Å². The summed E-state index contributed by atoms with van der Waals surface area (Å²) in [5, 5.41) is 19.6. The van der Waals surface area contributed by atoms with Gasteiger partial charge in [0.05, 0.1) is 6.07 Å². The van der Waals surface area contributed by atoms with E-state index in [1.165, 1.54) is 19.6 Å². The van der Waals surface area contributed by atoms with E-state index in [9.17, 15) is 9.59 Å². The van der Waals surface area contributed by atoms with E-state index in [4.69, 9.17) is 19.8 Å². The van der Waals surface area contributed by atoms with Crippen molar-refractivity contribution in [3.8, 4) is 6.07 Å². The number of hydrogen-bond acceptors (Lipinski definition) is 7. The molecule has 2 saturated heterocycles. The van der Waals surface area contributed by atoms with Crippen molar-refractivity contribution < 1.29 is 28.5 Å². The van der Waals surface area contributed by atoms with Crippen LogP contribution in [0.1, 0.15) is 39.0 Å². The van der Waals surface area contributed by atoms with Crippen molar-refractivity contribution in [2.24, 2.45) is 11.1 Å². The maximum atomic E-state index is 11.8. The minimum absolute atomic E-state index is 0.133. The van der Waals surface area contributed by atoms with E-state index in [1.54, 1.807) is 6.07 Å². The molecule has 2 aliphatic heterocycles. The second kappa shape index (κ2) is 7.22. The number of likely N-dealkylation sites (N-methyl/N-ethyl adjacent to an activating group) is 1. The summed E-state index contributed by atoms with van der Waals surface area (Å²) in [5.74, 6) is -0.837. The molecule has 3 rings (SSSR count). The predicted molar refractivity (Wildman–Crippen MR) is 85.7 cm³/mol. The van der Waals surface area contributed by atoms with Gasteiger partial charge in [-0.25, -0.2) is 0 Å². The molecule has 9 heteroatoms. The van der Waals surface area contributed by atoms with Crippen LogP contribution in [0.25, 0.3) is 0 Å². The highest BCUT2D eigenvalue weighted by atomic mass is 16.7. The highest BCUT2D eigenvalue weighted by molar-refractivity contribution is 6.70. The summed E-state index contributed by atoms with van der Waals surface area (Å²) in [7, 11) is 1.82. The van der Waals surface area contributed by atoms with E-state index in [0.29, 0.717) is 0 Å². The molecular weight excluding hydrogens is 313 g/mol. The Bertz CT molecular complexity index is 548. The summed E-state index contributed by atoms with van der Waals surface area (Å²) >= 11 is 0. The van der Waals surface area contributed by atoms with Gasteiger partial charge in [-0.15, -0.1) is 5.16 Å². The Kier molecular flexibility index (Phi) is 5.49. The first-order valence-corrected chi connectivity index (χ1v) is 8.33. The fraction of sp³-hybridized carbons (Fsp3) is 0.733. The minimum Gasteiger partial charge on any atom is -0.600 e. The molecule has 0 aromatic rings. The molecule has 132 valence electrons. The Balaban J connectivity index is 0.000000647. The third kappa shape index (κ3) is 3.11. The van der Waals surface area contributed by atoms with Gasteiger partial charge in [-0.3, -0.25) is 9.59 Å². The molecule has 0 bridgehead atoms. The zero-order valence-electron chi connectivity index (χ0n) is 14.2. The average Bonchev–Trinajstić information content (AvgIpc) is 2.90. The molecule has 8 nitrogen and oxygen atoms in total. The van der Waals surface area contributed by atoms with Crippen molar-refractivity contribution in [3.05, 3.63) is 0 Å². The van der Waals surface area contributed by atoms with E-state index in [-0.39, 0.29) is 41.2 Å². The number of carbonyl (C=O) groups excluding carboxylic acids is 2. The highest BCUT2D eigenvalue weighted by Gasteiger charge is 2.69. The monoisotopic (exact) mass is 337 g/mol. The highest BCUT2D eigenvalue weighted by Crippen LogP contribution is 2.47. The number of quaternary nitrogens is 1. The molecule has 1 aliphatic carbocycles. The average molecular weight is 337 g/mol. The van der Waals surface area contributed by atoms with Crippen molar-refractivity contribution in [1.82, 2.24) is 0 Å². The first-order valence-electron chi connectivity index (χ1n) is 8.33. The second-order valence-electron chi connectivity index (χ2n) is 6.97. The predicted octanol–water partition coefficient (Wildman–Crippen LogP) is 1.43. The Morgan fingerprint density at radius 1 is 1.29 bits per heavy atom. The van der Waals surface area contributed by atoms with E-state index in [2.05, 4.69) is 5.16 Å². The molecule has 2 heterocycles. The van der Waals surface area contributed by atoms with Gasteiger partial charge in [0.15, 0.2) is 0 Å². The van der Waals surface area contributed by atoms with E-state index in [0.717, 1.165) is 25.7 Å². The number of nitrogens with zero attached hydrogens (tertiary/aromatic N) is 3. The summed E-state index contributed by atoms with van der Waals surface area (Å²) in [6.07, 6.45) is 6.72. The molecular formula is C15H24BN3O5. The van der Waals surface area contributed by atoms with E-state index < -0.39 is 6.69 Å². The first-order chi connectivity index (χ1) is 11.4. The third-order valence-corrected chi connectivity index (χ3v) is 5.37. The van der Waals surface area contributed by atoms with Crippen molar-refractivity contribution in [3.63, 3.8) is 0 Å². The lowest BCUT2D eigenvalue weighted by molar-refractivity contribution is -0.794. The lowest BCUT2D eigenvalue weighted by Crippen LogP contribution is -2.64. The van der Waals surface area contributed by atoms with Crippen LogP contribution in [0.15, 0.2) is 5.16 Å². The van der Waals surface area contributed by atoms with Crippen molar-refractivity contribution in [2.45, 2.75) is 44.8 Å². The number of fused-ring (bicyclic) bond motifs is 1. The molecule has 24 heavy (non-hydrogen) atoms. The van der Waals surface area contributed by atoms with Gasteiger partial charge in [-0.1, -0.05) is 38.0 Å². The zero-order chi connectivity index (χ0) is 17.8. The molecule has 3 fully saturated rings. The molecule has 1 atom stereocenters. The van der Waals surface area contributed by atoms with Crippen molar-refractivity contribution in [1.29, 1.82) is 5.26 Å². The van der Waals surface area contributed by atoms with Crippen LogP contribution in [0.4, 0.5) is 0 Å². The van der Waals surface area contributed by atoms with E-state index in [1.807, 2.05) is 7.05 Å². The fourth-order valence-electron chi connectivity index (χ4n) is 4.37. The third-order valence-electron chi connectivity index (χ3n) is 5.37. The second-order valence-corrected chi connectivity index (χ2v) is 6.97. The van der Waals surface area contributed by atoms with Crippen LogP contribution in [-0.2, 0) is 18.9 Å². The smallest absolute Gasteiger partial charge is 0.592 e. The lowest BCUT2D eigenvalue weighted by Gasteiger charge is -2.46. The number of hydrogen-bond donors (Lipinski definition) is 1. The lowest BCUT2D eigenvalue weighted by atomic mass is 9.50. The van der Waals surface area contributed by atoms with Gasteiger partial charge in [-0.05, 0) is 0 Å². The normalized spacial score (nSPS) is 33.9. The number of nitriles is 1. The standard InChI is InChI=1S/C13H21BN2O5.C2H3N/c1-16-8-12(17)20-14(16,21-13(18)9-16)11(7-15-19)10-5-3-2-4-6-10;1-2-3/h7,10-11,19H,2-6,8-9H2,1H3;1H3/b15-7+;/t11-,14?,16?;/m0./s1. The van der Waals surface area contributed by atoms with Gasteiger partial charge >= 0.3 is 18.6 Å². The summed E-state index contributed by atoms with van der Waals surface area (Å²) in [5.41, 5.74) is 0. The van der Waals surface area contributed by atoms with Crippen molar-refractivity contribution in [2.75, 3.05) is 20.1 Å². The van der Waals surface area contributed by atoms with Crippen LogP contribution in [0.5, 0.6) is 0 Å². The number of carbonyl (C=O) groups is 2. The van der Waals surface area contributed by atoms with Gasteiger partial charge in [0.2, 0.25) is 0 Å². The Morgan fingerprint density at radius 2 is 1.79 bits per heavy atom. The fourth-order valence-corrected chi connectivity index (χ4v) is 4.37. The SMILES string of the molecule is CC#N.C[N+]12CC(=O)O[B-]1([C@@H](/C=N/O)C1CCCCC1)OC(=O)C2. The van der Waals surface area contributed by atoms with Gasteiger partial charge in [-0.2, -0.15) is 5.26 Å². The molecule has 0 aromatic carbocycles. The zero-order valence-corrected chi connectivity index (χ0v) is 14.2. The Morgan fingerprint density at radius 3 is 2.25 bits per heavy atom. The maximum absolute atomic E-state index is 11.8. The van der Waals surface area contributed by atoms with Crippen molar-refractivity contribution >= 4 is 24.8 Å². The summed E-state index contributed by atoms with van der Waals surface area (Å²) in [6, 6.07) is 1.75. The molecule has 0 unspecified atom stereocenters. The molecule has 0 amide bonds. The molecule has 1 N–H and O–H groups in total. The van der Waals surface area contributed by atoms with Crippen LogP contribution in [0, 0.1) is 17.2 Å². The van der Waals surface area contributed by atoms with Crippen LogP contribution in [0.3, 0.4) is 0 Å². The van der Waals surface area contributed by atoms with Gasteiger partial charge in [0, 0.05) is 26.0 Å². The topological polar surface area (TPSA) is 109 Å². The largest absolute Gasteiger partial charge is 0.600 e. The Hall–Kier alpha value is -2.08. The van der Waals surface area contributed by atoms with Crippen LogP contribution in [0.2, 0.25) is 5.82 Å². The van der Waals surface area contributed by atoms with E-state index >= 15 is 0 Å². The summed E-state index contributed by atoms with van der Waals surface area (Å²) < 4.78 is 11.3. The molecule has 1 saturated carbocycles. The minimum atomic E-state index is -2.17. The van der Waals surface area contributed by atoms with Gasteiger partial charge < -0.3 is 18.9 Å². The van der Waals surface area contributed by atoms with Gasteiger partial charge in [0.1, 0.15) is 13.1 Å². The summed E-state index contributed by atoms with van der Waals surface area (Å²) in [6.45, 7) is -0.471. The molecule has 3 aliphatic rings. The number of oxime groups is 1. The molecule has 0 radical (unpaired) electrons. The quantitative estimate of drug-likeness (QED) is 0.361. The first kappa shape index (κ1) is 18.3. The van der Waals surface area contributed by atoms with Crippen LogP contribution in [-0.4, -0.2) is 54.6 Å². The van der Waals surface area contributed by atoms with Crippen LogP contribution >= 0.6 is 0 Å². The maximum Gasteiger partial charge on any atom is 0.592 e. The molecule has 0 spiro atoms. The molecule has 0 aromatic heterocycles. The Labute approximate surface area is 141 Å². The van der Waals surface area contributed by atoms with Gasteiger partial charge in [0.25, 0.3) is 0 Å². The summed E-state index contributed by atoms with van der Waals surface area (Å²) in [4.78, 5) is 23.7.